The summed E-state index contributed by atoms with van der Waals surface area (Å²) in [5.41, 5.74) is 0.943. The molecule has 5 heteroatoms. The highest BCUT2D eigenvalue weighted by Crippen LogP contribution is 2.29. The first kappa shape index (κ1) is 13.8. The van der Waals surface area contributed by atoms with Gasteiger partial charge in [0.15, 0.2) is 0 Å². The molecule has 5 nitrogen and oxygen atoms in total. The molecule has 1 aliphatic heterocycles. The summed E-state index contributed by atoms with van der Waals surface area (Å²) in [6, 6.07) is 5.05. The predicted octanol–water partition coefficient (Wildman–Crippen LogP) is 2.81. The minimum absolute atomic E-state index is 0.257. The topological polar surface area (TPSA) is 66.3 Å². The Morgan fingerprint density at radius 3 is 2.62 bits per heavy atom. The zero-order valence-corrected chi connectivity index (χ0v) is 12.3. The fourth-order valence-corrected chi connectivity index (χ4v) is 3.26. The van der Waals surface area contributed by atoms with Gasteiger partial charge in [-0.25, -0.2) is 14.8 Å². The molecule has 21 heavy (non-hydrogen) atoms. The zero-order valence-electron chi connectivity index (χ0n) is 12.3. The van der Waals surface area contributed by atoms with Crippen LogP contribution in [0.4, 0.5) is 5.82 Å². The van der Waals surface area contributed by atoms with Crippen molar-refractivity contribution in [2.75, 3.05) is 18.0 Å². The Bertz CT molecular complexity index is 676. The zero-order chi connectivity index (χ0) is 15.0. The van der Waals surface area contributed by atoms with E-state index in [1.165, 1.54) is 12.7 Å². The van der Waals surface area contributed by atoms with Crippen molar-refractivity contribution in [3.63, 3.8) is 0 Å². The second kappa shape index (κ2) is 5.31. The Morgan fingerprint density at radius 2 is 1.95 bits per heavy atom. The maximum atomic E-state index is 11.1. The summed E-state index contributed by atoms with van der Waals surface area (Å²) in [6.45, 7) is 6.48. The Hall–Kier alpha value is -2.17. The minimum Gasteiger partial charge on any atom is -0.478 e. The fourth-order valence-electron chi connectivity index (χ4n) is 3.26. The SMILES string of the molecule is CC1CC(C)CN(c2ncnc3cc(C(=O)O)ccc23)C1. The van der Waals surface area contributed by atoms with E-state index in [1.54, 1.807) is 12.1 Å². The van der Waals surface area contributed by atoms with Crippen LogP contribution in [-0.4, -0.2) is 34.1 Å². The van der Waals surface area contributed by atoms with E-state index in [2.05, 4.69) is 28.7 Å². The monoisotopic (exact) mass is 285 g/mol. The van der Waals surface area contributed by atoms with E-state index >= 15 is 0 Å². The van der Waals surface area contributed by atoms with Crippen molar-refractivity contribution in [3.8, 4) is 0 Å². The van der Waals surface area contributed by atoms with Crippen LogP contribution in [0.5, 0.6) is 0 Å². The van der Waals surface area contributed by atoms with Crippen LogP contribution in [0.15, 0.2) is 24.5 Å². The maximum absolute atomic E-state index is 11.1. The molecule has 1 N–H and O–H groups in total. The number of rotatable bonds is 2. The van der Waals surface area contributed by atoms with Gasteiger partial charge in [0.05, 0.1) is 11.1 Å². The average Bonchev–Trinajstić information content (AvgIpc) is 2.45. The molecule has 0 bridgehead atoms. The molecule has 0 saturated carbocycles. The third-order valence-corrected chi connectivity index (χ3v) is 4.03. The second-order valence-electron chi connectivity index (χ2n) is 6.09. The molecule has 0 spiro atoms. The van der Waals surface area contributed by atoms with Crippen LogP contribution < -0.4 is 4.90 Å². The summed E-state index contributed by atoms with van der Waals surface area (Å²) >= 11 is 0. The molecule has 0 radical (unpaired) electrons. The number of benzene rings is 1. The number of hydrogen-bond donors (Lipinski definition) is 1. The molecule has 0 aliphatic carbocycles. The number of aromatic nitrogens is 2. The van der Waals surface area contributed by atoms with E-state index < -0.39 is 5.97 Å². The van der Waals surface area contributed by atoms with Crippen LogP contribution >= 0.6 is 0 Å². The Kier molecular flexibility index (Phi) is 3.49. The van der Waals surface area contributed by atoms with Gasteiger partial charge in [-0.15, -0.1) is 0 Å². The highest BCUT2D eigenvalue weighted by molar-refractivity contribution is 5.96. The third kappa shape index (κ3) is 2.68. The number of piperidine rings is 1. The molecule has 2 unspecified atom stereocenters. The van der Waals surface area contributed by atoms with Crippen LogP contribution in [0.3, 0.4) is 0 Å². The predicted molar refractivity (Wildman–Crippen MR) is 81.7 cm³/mol. The molecule has 0 amide bonds. The van der Waals surface area contributed by atoms with E-state index in [0.29, 0.717) is 17.4 Å². The minimum atomic E-state index is -0.933. The number of carboxylic acids is 1. The number of nitrogens with zero attached hydrogens (tertiary/aromatic N) is 3. The van der Waals surface area contributed by atoms with Gasteiger partial charge in [0, 0.05) is 18.5 Å². The van der Waals surface area contributed by atoms with E-state index in [0.717, 1.165) is 24.3 Å². The van der Waals surface area contributed by atoms with Crippen LogP contribution in [0.2, 0.25) is 0 Å². The molecule has 1 fully saturated rings. The van der Waals surface area contributed by atoms with Crippen LogP contribution in [0.25, 0.3) is 10.9 Å². The standard InChI is InChI=1S/C16H19N3O2/c1-10-5-11(2)8-19(7-10)15-13-4-3-12(16(20)21)6-14(13)17-9-18-15/h3-4,6,9-11H,5,7-8H2,1-2H3,(H,20,21). The molecule has 2 aromatic rings. The Labute approximate surface area is 123 Å². The third-order valence-electron chi connectivity index (χ3n) is 4.03. The van der Waals surface area contributed by atoms with Gasteiger partial charge in [-0.3, -0.25) is 0 Å². The van der Waals surface area contributed by atoms with E-state index in [4.69, 9.17) is 5.11 Å². The van der Waals surface area contributed by atoms with Gasteiger partial charge in [0.25, 0.3) is 0 Å². The van der Waals surface area contributed by atoms with Crippen molar-refractivity contribution in [1.82, 2.24) is 9.97 Å². The molecule has 1 aromatic carbocycles. The lowest BCUT2D eigenvalue weighted by Gasteiger charge is -2.36. The number of hydrogen-bond acceptors (Lipinski definition) is 4. The molecular formula is C16H19N3O2. The average molecular weight is 285 g/mol. The normalized spacial score (nSPS) is 22.5. The van der Waals surface area contributed by atoms with Crippen LogP contribution in [0, 0.1) is 11.8 Å². The molecule has 3 rings (SSSR count). The van der Waals surface area contributed by atoms with Crippen molar-refractivity contribution in [3.05, 3.63) is 30.1 Å². The van der Waals surface area contributed by atoms with E-state index in [9.17, 15) is 4.79 Å². The molecule has 2 atom stereocenters. The van der Waals surface area contributed by atoms with Gasteiger partial charge in [-0.1, -0.05) is 13.8 Å². The first-order valence-electron chi connectivity index (χ1n) is 7.27. The Morgan fingerprint density at radius 1 is 1.24 bits per heavy atom. The summed E-state index contributed by atoms with van der Waals surface area (Å²) in [5.74, 6) is 1.25. The molecule has 110 valence electrons. The lowest BCUT2D eigenvalue weighted by Crippen LogP contribution is -2.39. The molecule has 1 saturated heterocycles. The van der Waals surface area contributed by atoms with Gasteiger partial charge < -0.3 is 10.0 Å². The van der Waals surface area contributed by atoms with Gasteiger partial charge in [-0.2, -0.15) is 0 Å². The van der Waals surface area contributed by atoms with Crippen molar-refractivity contribution in [2.45, 2.75) is 20.3 Å². The summed E-state index contributed by atoms with van der Waals surface area (Å²) in [6.07, 6.45) is 2.76. The van der Waals surface area contributed by atoms with Gasteiger partial charge in [0.1, 0.15) is 12.1 Å². The highest BCUT2D eigenvalue weighted by atomic mass is 16.4. The first-order chi connectivity index (χ1) is 10.0. The van der Waals surface area contributed by atoms with Crippen molar-refractivity contribution in [2.24, 2.45) is 11.8 Å². The van der Waals surface area contributed by atoms with E-state index in [1.807, 2.05) is 6.07 Å². The smallest absolute Gasteiger partial charge is 0.335 e. The van der Waals surface area contributed by atoms with Crippen molar-refractivity contribution >= 4 is 22.7 Å². The highest BCUT2D eigenvalue weighted by Gasteiger charge is 2.24. The number of fused-ring (bicyclic) bond motifs is 1. The lowest BCUT2D eigenvalue weighted by molar-refractivity contribution is 0.0697. The lowest BCUT2D eigenvalue weighted by atomic mass is 9.92. The van der Waals surface area contributed by atoms with Gasteiger partial charge in [-0.05, 0) is 36.5 Å². The number of aromatic carboxylic acids is 1. The second-order valence-corrected chi connectivity index (χ2v) is 6.09. The molecular weight excluding hydrogens is 266 g/mol. The summed E-state index contributed by atoms with van der Waals surface area (Å²) in [5, 5.41) is 10.00. The largest absolute Gasteiger partial charge is 0.478 e. The Balaban J connectivity index is 2.04. The number of anilines is 1. The van der Waals surface area contributed by atoms with Gasteiger partial charge in [0.2, 0.25) is 0 Å². The first-order valence-corrected chi connectivity index (χ1v) is 7.27. The maximum Gasteiger partial charge on any atom is 0.335 e. The number of carbonyl (C=O) groups is 1. The summed E-state index contributed by atoms with van der Waals surface area (Å²) in [7, 11) is 0. The fraction of sp³-hybridized carbons (Fsp3) is 0.438. The van der Waals surface area contributed by atoms with Gasteiger partial charge >= 0.3 is 5.97 Å². The van der Waals surface area contributed by atoms with E-state index in [-0.39, 0.29) is 5.56 Å². The van der Waals surface area contributed by atoms with Crippen molar-refractivity contribution in [1.29, 1.82) is 0 Å². The summed E-state index contributed by atoms with van der Waals surface area (Å²) < 4.78 is 0. The van der Waals surface area contributed by atoms with Crippen molar-refractivity contribution < 1.29 is 9.90 Å². The van der Waals surface area contributed by atoms with Crippen LogP contribution in [0.1, 0.15) is 30.6 Å². The molecule has 1 aromatic heterocycles. The summed E-state index contributed by atoms with van der Waals surface area (Å²) in [4.78, 5) is 22.0. The molecule has 1 aliphatic rings. The number of carboxylic acid groups (broad SMARTS) is 1. The molecule has 2 heterocycles. The quantitative estimate of drug-likeness (QED) is 0.919. The van der Waals surface area contributed by atoms with Crippen LogP contribution in [-0.2, 0) is 0 Å².